The molecule has 4 saturated carbocycles. The maximum absolute atomic E-state index is 2.69. The molecule has 0 N–H and O–H groups in total. The third-order valence-electron chi connectivity index (χ3n) is 16.8. The molecule has 6 aromatic rings. The molecule has 0 aromatic heterocycles. The van der Waals surface area contributed by atoms with E-state index in [0.717, 1.165) is 11.8 Å². The molecule has 0 atom stereocenters. The molecule has 2 heteroatoms. The minimum Gasteiger partial charge on any atom is -0.309 e. The van der Waals surface area contributed by atoms with Crippen LogP contribution in [-0.2, 0) is 21.7 Å². The van der Waals surface area contributed by atoms with Crippen LogP contribution in [0.1, 0.15) is 120 Å². The van der Waals surface area contributed by atoms with Crippen LogP contribution in [0, 0.1) is 23.7 Å². The molecule has 1 heterocycles. The van der Waals surface area contributed by atoms with Crippen LogP contribution in [0.5, 0.6) is 0 Å². The molecule has 0 unspecified atom stereocenters. The largest absolute Gasteiger partial charge is 0.309 e. The Labute approximate surface area is 356 Å². The minimum atomic E-state index is -0.0931. The van der Waals surface area contributed by atoms with Crippen molar-refractivity contribution in [3.63, 3.8) is 0 Å². The van der Waals surface area contributed by atoms with Gasteiger partial charge in [-0.2, -0.15) is 0 Å². The zero-order valence-electron chi connectivity index (χ0n) is 35.7. The average Bonchev–Trinajstić information content (AvgIpc) is 3.46. The smallest absolute Gasteiger partial charge is 0.0604 e. The van der Waals surface area contributed by atoms with Gasteiger partial charge in [0, 0.05) is 32.0 Å². The first-order chi connectivity index (χ1) is 28.4. The van der Waals surface area contributed by atoms with E-state index < -0.39 is 0 Å². The Kier molecular flexibility index (Phi) is 7.70. The molecule has 0 radical (unpaired) electrons. The highest BCUT2D eigenvalue weighted by atomic mass is 32.2. The van der Waals surface area contributed by atoms with Crippen LogP contribution in [0.4, 0.5) is 17.1 Å². The van der Waals surface area contributed by atoms with Gasteiger partial charge in [0.1, 0.15) is 0 Å². The van der Waals surface area contributed by atoms with E-state index in [4.69, 9.17) is 0 Å². The van der Waals surface area contributed by atoms with E-state index in [-0.39, 0.29) is 21.7 Å². The predicted molar refractivity (Wildman–Crippen MR) is 248 cm³/mol. The molecule has 296 valence electrons. The van der Waals surface area contributed by atoms with E-state index >= 15 is 0 Å². The number of fused-ring (bicyclic) bond motifs is 6. The number of hydrogen-bond acceptors (Lipinski definition) is 2. The van der Waals surface area contributed by atoms with Crippen LogP contribution < -0.4 is 4.90 Å². The van der Waals surface area contributed by atoms with Crippen molar-refractivity contribution >= 4 is 28.8 Å². The normalized spacial score (nSPS) is 26.7. The Morgan fingerprint density at radius 1 is 0.492 bits per heavy atom. The molecule has 6 aromatic carbocycles. The van der Waals surface area contributed by atoms with Crippen LogP contribution in [0.3, 0.4) is 0 Å². The molecular formula is C57H57NS. The molecule has 0 saturated heterocycles. The van der Waals surface area contributed by atoms with Crippen LogP contribution in [0.15, 0.2) is 137 Å². The van der Waals surface area contributed by atoms with E-state index in [2.05, 4.69) is 186 Å². The van der Waals surface area contributed by atoms with Crippen molar-refractivity contribution in [3.8, 4) is 22.3 Å². The van der Waals surface area contributed by atoms with Gasteiger partial charge in [-0.3, -0.25) is 0 Å². The first kappa shape index (κ1) is 36.3. The van der Waals surface area contributed by atoms with Gasteiger partial charge in [0.15, 0.2) is 0 Å². The fourth-order valence-corrected chi connectivity index (χ4v) is 15.4. The van der Waals surface area contributed by atoms with Crippen molar-refractivity contribution < 1.29 is 0 Å². The van der Waals surface area contributed by atoms with Gasteiger partial charge in [0.05, 0.1) is 5.69 Å². The van der Waals surface area contributed by atoms with Gasteiger partial charge in [-0.1, -0.05) is 144 Å². The summed E-state index contributed by atoms with van der Waals surface area (Å²) in [6, 6.07) is 50.2. The average molecular weight is 788 g/mol. The van der Waals surface area contributed by atoms with Crippen molar-refractivity contribution in [3.05, 3.63) is 161 Å². The summed E-state index contributed by atoms with van der Waals surface area (Å²) in [6.45, 7) is 14.7. The molecule has 4 bridgehead atoms. The summed E-state index contributed by atoms with van der Waals surface area (Å²) < 4.78 is 0. The van der Waals surface area contributed by atoms with Gasteiger partial charge in [-0.05, 0) is 171 Å². The minimum absolute atomic E-state index is 0.000882. The first-order valence-corrected chi connectivity index (χ1v) is 23.5. The number of nitrogens with zero attached hydrogens (tertiary/aromatic N) is 1. The van der Waals surface area contributed by atoms with E-state index in [9.17, 15) is 0 Å². The molecule has 13 rings (SSSR count). The summed E-state index contributed by atoms with van der Waals surface area (Å²) in [5.74, 6) is 3.10. The highest BCUT2D eigenvalue weighted by molar-refractivity contribution is 7.99. The van der Waals surface area contributed by atoms with Gasteiger partial charge in [-0.15, -0.1) is 0 Å². The Balaban J connectivity index is 1.16. The van der Waals surface area contributed by atoms with E-state index in [1.165, 1.54) is 116 Å². The zero-order chi connectivity index (χ0) is 40.1. The summed E-state index contributed by atoms with van der Waals surface area (Å²) in [4.78, 5) is 5.63. The fourth-order valence-electron chi connectivity index (χ4n) is 14.0. The summed E-state index contributed by atoms with van der Waals surface area (Å²) in [7, 11) is 0. The quantitative estimate of drug-likeness (QED) is 0.175. The van der Waals surface area contributed by atoms with Crippen molar-refractivity contribution in [1.29, 1.82) is 0 Å². The molecule has 6 aliphatic carbocycles. The molecule has 1 aliphatic heterocycles. The van der Waals surface area contributed by atoms with E-state index in [1.54, 1.807) is 11.1 Å². The zero-order valence-corrected chi connectivity index (χ0v) is 36.6. The van der Waals surface area contributed by atoms with E-state index in [1.807, 2.05) is 0 Å². The molecule has 1 spiro atoms. The Morgan fingerprint density at radius 2 is 1.07 bits per heavy atom. The maximum Gasteiger partial charge on any atom is 0.0604 e. The molecule has 7 aliphatic rings. The standard InChI is InChI=1S/C57H57NS/c1-54(2)26-27-55(3,4)49-34-41(21-24-46(49)54)58(40-20-22-44-43-16-10-11-17-45(43)56(5,6)48(44)33-40)50-25-23-42(37-14-8-7-9-15-37)52-53(50)59-51-19-13-12-18-47(51)57(52)38-29-35-28-36(31-38)32-39(57)30-35/h7-25,33-36,38-39H,26-32H2,1-6H3. The molecule has 0 amide bonds. The van der Waals surface area contributed by atoms with Crippen LogP contribution in [0.25, 0.3) is 22.3 Å². The van der Waals surface area contributed by atoms with Crippen molar-refractivity contribution in [2.24, 2.45) is 23.7 Å². The number of anilines is 3. The highest BCUT2D eigenvalue weighted by Gasteiger charge is 2.61. The lowest BCUT2D eigenvalue weighted by molar-refractivity contribution is -0.0441. The fraction of sp³-hybridized carbons (Fsp3) is 0.368. The monoisotopic (exact) mass is 787 g/mol. The molecule has 4 fully saturated rings. The second-order valence-electron chi connectivity index (χ2n) is 21.2. The van der Waals surface area contributed by atoms with Gasteiger partial charge in [0.25, 0.3) is 0 Å². The summed E-state index contributed by atoms with van der Waals surface area (Å²) in [5.41, 5.74) is 18.7. The van der Waals surface area contributed by atoms with Crippen molar-refractivity contribution in [1.82, 2.24) is 0 Å². The Hall–Kier alpha value is -4.53. The third-order valence-corrected chi connectivity index (χ3v) is 18.0. The Bertz CT molecular complexity index is 2670. The van der Waals surface area contributed by atoms with Gasteiger partial charge >= 0.3 is 0 Å². The van der Waals surface area contributed by atoms with Crippen LogP contribution in [0.2, 0.25) is 0 Å². The van der Waals surface area contributed by atoms with Gasteiger partial charge in [0.2, 0.25) is 0 Å². The predicted octanol–water partition coefficient (Wildman–Crippen LogP) is 15.7. The number of hydrogen-bond donors (Lipinski definition) is 0. The second-order valence-corrected chi connectivity index (χ2v) is 22.3. The molecular weight excluding hydrogens is 731 g/mol. The van der Waals surface area contributed by atoms with Gasteiger partial charge < -0.3 is 4.90 Å². The van der Waals surface area contributed by atoms with Crippen molar-refractivity contribution in [2.45, 2.75) is 118 Å². The topological polar surface area (TPSA) is 3.24 Å². The lowest BCUT2D eigenvalue weighted by Crippen LogP contribution is -2.57. The second kappa shape index (κ2) is 12.5. The highest BCUT2D eigenvalue weighted by Crippen LogP contribution is 2.71. The Morgan fingerprint density at radius 3 is 1.80 bits per heavy atom. The van der Waals surface area contributed by atoms with Gasteiger partial charge in [-0.25, -0.2) is 0 Å². The van der Waals surface area contributed by atoms with E-state index in [0.29, 0.717) is 11.8 Å². The van der Waals surface area contributed by atoms with Crippen LogP contribution in [-0.4, -0.2) is 0 Å². The summed E-state index contributed by atoms with van der Waals surface area (Å²) >= 11 is 2.06. The third kappa shape index (κ3) is 5.05. The maximum atomic E-state index is 2.69. The lowest BCUT2D eigenvalue weighted by atomic mass is 9.41. The SMILES string of the molecule is CC1(C)CCC(C)(C)c2cc(N(c3ccc4c(c3)C(C)(C)c3ccccc3-4)c3ccc(-c4ccccc4)c4c3Sc3ccccc3C43C4CC5CC(C4)CC3C5)ccc21. The number of benzene rings is 6. The lowest BCUT2D eigenvalue weighted by Gasteiger charge is -2.63. The van der Waals surface area contributed by atoms with Crippen LogP contribution >= 0.6 is 11.8 Å². The summed E-state index contributed by atoms with van der Waals surface area (Å²) in [6.07, 6.45) is 9.33. The summed E-state index contributed by atoms with van der Waals surface area (Å²) in [5, 5.41) is 0. The molecule has 59 heavy (non-hydrogen) atoms. The molecule has 1 nitrogen and oxygen atoms in total. The van der Waals surface area contributed by atoms with Crippen molar-refractivity contribution in [2.75, 3.05) is 4.90 Å². The first-order valence-electron chi connectivity index (χ1n) is 22.6. The number of rotatable bonds is 4.